The third kappa shape index (κ3) is 6.46. The van der Waals surface area contributed by atoms with Gasteiger partial charge in [-0.3, -0.25) is 10.6 Å². The lowest BCUT2D eigenvalue weighted by Crippen LogP contribution is -3.00. The lowest BCUT2D eigenvalue weighted by atomic mass is 10.3. The number of nitrogens with zero attached hydrogens (tertiary/aromatic N) is 1. The maximum Gasteiger partial charge on any atom is 0.411 e. The number of quaternary nitrogens is 1. The van der Waals surface area contributed by atoms with E-state index in [0.717, 1.165) is 11.4 Å². The van der Waals surface area contributed by atoms with Crippen LogP contribution in [0.4, 0.5) is 27.8 Å². The molecule has 2 aromatic carbocycles. The molecule has 0 aliphatic heterocycles. The van der Waals surface area contributed by atoms with E-state index in [1.54, 1.807) is 12.1 Å². The highest BCUT2D eigenvalue weighted by Gasteiger charge is 2.10. The first-order valence-electron chi connectivity index (χ1n) is 8.49. The number of pyridine rings is 1. The Balaban J connectivity index is 0.00000280. The molecule has 5 N–H and O–H groups in total. The summed E-state index contributed by atoms with van der Waals surface area (Å²) in [5.41, 5.74) is 7.34. The maximum atomic E-state index is 11.9. The number of para-hydroxylation sites is 2. The Labute approximate surface area is 169 Å². The highest BCUT2D eigenvalue weighted by molar-refractivity contribution is 5.88. The van der Waals surface area contributed by atoms with Crippen molar-refractivity contribution in [3.63, 3.8) is 0 Å². The van der Waals surface area contributed by atoms with E-state index in [1.165, 1.54) is 0 Å². The molecule has 3 aromatic rings. The van der Waals surface area contributed by atoms with Crippen molar-refractivity contribution in [1.82, 2.24) is 4.98 Å². The molecule has 0 radical (unpaired) electrons. The molecule has 7 nitrogen and oxygen atoms in total. The Bertz CT molecular complexity index is 879. The Morgan fingerprint density at radius 2 is 1.64 bits per heavy atom. The largest absolute Gasteiger partial charge is 1.00 e. The number of anilines is 2. The number of hydrogen-bond donors (Lipinski definition) is 3. The Hall–Kier alpha value is -3.29. The monoisotopic (exact) mass is 400 g/mol. The third-order valence-electron chi connectivity index (χ3n) is 3.63. The number of benzene rings is 2. The van der Waals surface area contributed by atoms with Crippen molar-refractivity contribution >= 4 is 29.1 Å². The van der Waals surface area contributed by atoms with Crippen LogP contribution < -0.4 is 33.5 Å². The minimum absolute atomic E-state index is 0. The minimum Gasteiger partial charge on any atom is -1.00 e. The van der Waals surface area contributed by atoms with Crippen LogP contribution >= 0.6 is 0 Å². The molecule has 0 unspecified atom stereocenters. The topological polar surface area (TPSA) is 103 Å². The molecule has 146 valence electrons. The summed E-state index contributed by atoms with van der Waals surface area (Å²) in [6, 6.07) is 22.6. The second kappa shape index (κ2) is 10.8. The standard InChI is InChI=1S/C20H20N4O3.ClH/c21-19-17(11-12-18(24-19)22-15-7-3-1-4-8-15)23-20(25)27-14-13-26-16-9-5-2-6-10-16;/h1-12H,13-14H2,(H,23,25)(H3,21,22,24);1H. The molecule has 0 aliphatic carbocycles. The number of aromatic nitrogens is 1. The van der Waals surface area contributed by atoms with Gasteiger partial charge in [-0.2, -0.15) is 4.98 Å². The number of nitrogen functional groups attached to an aromatic ring is 1. The molecule has 0 aliphatic rings. The molecule has 3 rings (SSSR count). The molecule has 1 heterocycles. The van der Waals surface area contributed by atoms with Crippen molar-refractivity contribution in [2.24, 2.45) is 0 Å². The molecular weight excluding hydrogens is 380 g/mol. The van der Waals surface area contributed by atoms with Crippen LogP contribution in [-0.4, -0.2) is 24.3 Å². The van der Waals surface area contributed by atoms with E-state index in [9.17, 15) is 4.79 Å². The maximum absolute atomic E-state index is 11.9. The summed E-state index contributed by atoms with van der Waals surface area (Å²) in [6.07, 6.45) is -0.611. The number of carbonyl (C=O) groups is 1. The second-order valence-corrected chi connectivity index (χ2v) is 5.65. The third-order valence-corrected chi connectivity index (χ3v) is 3.63. The molecule has 1 aromatic heterocycles. The Kier molecular flexibility index (Phi) is 8.08. The SMILES string of the molecule is Nc1nc([NH2+]c2ccccc2)ccc1NC(=O)OCCOc1ccccc1.[Cl-]. The molecule has 0 saturated carbocycles. The van der Waals surface area contributed by atoms with Crippen LogP contribution in [0.5, 0.6) is 5.75 Å². The van der Waals surface area contributed by atoms with Crippen molar-refractivity contribution in [1.29, 1.82) is 0 Å². The van der Waals surface area contributed by atoms with Gasteiger partial charge in [0.1, 0.15) is 24.7 Å². The van der Waals surface area contributed by atoms with Gasteiger partial charge in [0.05, 0.1) is 5.69 Å². The van der Waals surface area contributed by atoms with E-state index in [2.05, 4.69) is 10.3 Å². The van der Waals surface area contributed by atoms with Crippen molar-refractivity contribution < 1.29 is 32.0 Å². The van der Waals surface area contributed by atoms with Crippen LogP contribution in [0, 0.1) is 0 Å². The van der Waals surface area contributed by atoms with Crippen LogP contribution in [0.1, 0.15) is 0 Å². The molecule has 0 atom stereocenters. The predicted octanol–water partition coefficient (Wildman–Crippen LogP) is -0.178. The first-order valence-corrected chi connectivity index (χ1v) is 8.49. The lowest BCUT2D eigenvalue weighted by molar-refractivity contribution is -0.482. The fourth-order valence-corrected chi connectivity index (χ4v) is 2.35. The van der Waals surface area contributed by atoms with E-state index in [-0.39, 0.29) is 31.4 Å². The smallest absolute Gasteiger partial charge is 0.411 e. The number of nitrogens with two attached hydrogens (primary N) is 2. The van der Waals surface area contributed by atoms with Gasteiger partial charge < -0.3 is 27.6 Å². The molecule has 8 heteroatoms. The van der Waals surface area contributed by atoms with Gasteiger partial charge in [-0.25, -0.2) is 4.79 Å². The zero-order valence-electron chi connectivity index (χ0n) is 15.0. The van der Waals surface area contributed by atoms with Crippen LogP contribution in [0.15, 0.2) is 72.8 Å². The molecule has 0 bridgehead atoms. The average molecular weight is 401 g/mol. The van der Waals surface area contributed by atoms with Crippen LogP contribution in [-0.2, 0) is 4.74 Å². The molecule has 0 fully saturated rings. The summed E-state index contributed by atoms with van der Waals surface area (Å²) >= 11 is 0. The van der Waals surface area contributed by atoms with Crippen molar-refractivity contribution in [3.05, 3.63) is 72.8 Å². The Morgan fingerprint density at radius 1 is 0.964 bits per heavy atom. The molecular formula is C20H21ClN4O3. The van der Waals surface area contributed by atoms with E-state index >= 15 is 0 Å². The van der Waals surface area contributed by atoms with Gasteiger partial charge in [0.2, 0.25) is 5.82 Å². The zero-order chi connectivity index (χ0) is 18.9. The first-order chi connectivity index (χ1) is 13.2. The van der Waals surface area contributed by atoms with Gasteiger partial charge in [-0.15, -0.1) is 0 Å². The van der Waals surface area contributed by atoms with Crippen LogP contribution in [0.2, 0.25) is 0 Å². The lowest BCUT2D eigenvalue weighted by Gasteiger charge is -2.10. The highest BCUT2D eigenvalue weighted by atomic mass is 35.5. The second-order valence-electron chi connectivity index (χ2n) is 5.65. The van der Waals surface area contributed by atoms with E-state index < -0.39 is 6.09 Å². The van der Waals surface area contributed by atoms with Crippen molar-refractivity contribution in [2.75, 3.05) is 24.3 Å². The van der Waals surface area contributed by atoms with Gasteiger partial charge >= 0.3 is 6.09 Å². The van der Waals surface area contributed by atoms with Gasteiger partial charge in [0, 0.05) is 6.07 Å². The van der Waals surface area contributed by atoms with E-state index in [4.69, 9.17) is 15.2 Å². The fourth-order valence-electron chi connectivity index (χ4n) is 2.35. The summed E-state index contributed by atoms with van der Waals surface area (Å²) < 4.78 is 10.5. The van der Waals surface area contributed by atoms with Crippen molar-refractivity contribution in [2.45, 2.75) is 0 Å². The minimum atomic E-state index is -0.611. The van der Waals surface area contributed by atoms with Gasteiger partial charge in [0.15, 0.2) is 5.82 Å². The van der Waals surface area contributed by atoms with Crippen molar-refractivity contribution in [3.8, 4) is 5.75 Å². The zero-order valence-corrected chi connectivity index (χ0v) is 15.8. The quantitative estimate of drug-likeness (QED) is 0.377. The summed E-state index contributed by atoms with van der Waals surface area (Å²) in [7, 11) is 0. The van der Waals surface area contributed by atoms with Crippen LogP contribution in [0.3, 0.4) is 0 Å². The van der Waals surface area contributed by atoms with Crippen LogP contribution in [0.25, 0.3) is 0 Å². The van der Waals surface area contributed by atoms with E-state index in [1.807, 2.05) is 66.0 Å². The number of ether oxygens (including phenoxy) is 2. The number of nitrogens with one attached hydrogen (secondary N) is 1. The molecule has 1 amide bonds. The number of rotatable bonds is 7. The summed E-state index contributed by atoms with van der Waals surface area (Å²) in [6.45, 7) is 0.379. The Morgan fingerprint density at radius 3 is 2.32 bits per heavy atom. The fraction of sp³-hybridized carbons (Fsp3) is 0.100. The number of hydrogen-bond acceptors (Lipinski definition) is 5. The van der Waals surface area contributed by atoms with Gasteiger partial charge in [-0.1, -0.05) is 36.4 Å². The van der Waals surface area contributed by atoms with Gasteiger partial charge in [0.25, 0.3) is 0 Å². The number of carbonyl (C=O) groups excluding carboxylic acids is 1. The molecule has 0 spiro atoms. The van der Waals surface area contributed by atoms with Gasteiger partial charge in [-0.05, 0) is 30.3 Å². The predicted molar refractivity (Wildman–Crippen MR) is 103 cm³/mol. The first kappa shape index (κ1) is 21.0. The average Bonchev–Trinajstić information content (AvgIpc) is 2.69. The summed E-state index contributed by atoms with van der Waals surface area (Å²) in [5, 5.41) is 4.48. The molecule has 28 heavy (non-hydrogen) atoms. The van der Waals surface area contributed by atoms with E-state index in [0.29, 0.717) is 11.5 Å². The summed E-state index contributed by atoms with van der Waals surface area (Å²) in [4.78, 5) is 16.2. The summed E-state index contributed by atoms with van der Waals surface area (Å²) in [5.74, 6) is 1.64. The highest BCUT2D eigenvalue weighted by Crippen LogP contribution is 2.17. The number of amides is 1. The molecule has 0 saturated heterocycles. The normalized spacial score (nSPS) is 9.86. The number of halogens is 1.